The lowest BCUT2D eigenvalue weighted by Crippen LogP contribution is -2.43. The summed E-state index contributed by atoms with van der Waals surface area (Å²) >= 11 is 0. The number of methoxy groups -OCH3 is 2. The lowest BCUT2D eigenvalue weighted by atomic mass is 9.85. The third-order valence-electron chi connectivity index (χ3n) is 4.69. The fourth-order valence-corrected chi connectivity index (χ4v) is 2.94. The molecule has 0 radical (unpaired) electrons. The Hall–Kier alpha value is -2.44. The molecule has 7 heteroatoms. The molecule has 0 heterocycles. The third kappa shape index (κ3) is 5.82. The van der Waals surface area contributed by atoms with E-state index in [2.05, 4.69) is 5.32 Å². The van der Waals surface area contributed by atoms with Gasteiger partial charge in [0.2, 0.25) is 0 Å². The zero-order valence-corrected chi connectivity index (χ0v) is 15.5. The number of nitrogens with one attached hydrogen (secondary N) is 1. The molecule has 2 rings (SSSR count). The smallest absolute Gasteiger partial charge is 0.317 e. The molecule has 26 heavy (non-hydrogen) atoms. The first-order valence-corrected chi connectivity index (χ1v) is 8.99. The van der Waals surface area contributed by atoms with Crippen LogP contribution in [0.5, 0.6) is 11.5 Å². The molecule has 0 atom stereocenters. The quantitative estimate of drug-likeness (QED) is 0.623. The predicted octanol–water partition coefficient (Wildman–Crippen LogP) is 2.88. The van der Waals surface area contributed by atoms with Crippen LogP contribution in [0, 0.1) is 5.92 Å². The topological polar surface area (TPSA) is 88.1 Å². The molecule has 0 saturated heterocycles. The van der Waals surface area contributed by atoms with Crippen LogP contribution in [-0.2, 0) is 11.3 Å². The summed E-state index contributed by atoms with van der Waals surface area (Å²) in [5.74, 6) is 1.06. The van der Waals surface area contributed by atoms with Gasteiger partial charge in [-0.25, -0.2) is 4.79 Å². The minimum absolute atomic E-state index is 0.0508. The van der Waals surface area contributed by atoms with Gasteiger partial charge < -0.3 is 24.8 Å². The van der Waals surface area contributed by atoms with Crippen molar-refractivity contribution in [3.8, 4) is 11.5 Å². The number of urea groups is 1. The number of hydrogen-bond acceptors (Lipinski definition) is 4. The number of amides is 2. The van der Waals surface area contributed by atoms with Crippen LogP contribution in [0.1, 0.15) is 37.7 Å². The van der Waals surface area contributed by atoms with Crippen LogP contribution in [0.2, 0.25) is 0 Å². The monoisotopic (exact) mass is 364 g/mol. The van der Waals surface area contributed by atoms with Crippen LogP contribution in [-0.4, -0.2) is 49.3 Å². The predicted molar refractivity (Wildman–Crippen MR) is 97.6 cm³/mol. The summed E-state index contributed by atoms with van der Waals surface area (Å²) in [6.45, 7) is 1.49. The van der Waals surface area contributed by atoms with Crippen LogP contribution in [0.4, 0.5) is 4.79 Å². The van der Waals surface area contributed by atoms with E-state index in [1.165, 1.54) is 6.42 Å². The molecule has 1 aromatic carbocycles. The number of rotatable bonds is 10. The second-order valence-corrected chi connectivity index (χ2v) is 6.58. The number of carbonyl (C=O) groups excluding carboxylic acids is 1. The van der Waals surface area contributed by atoms with Crippen molar-refractivity contribution in [2.75, 3.05) is 27.3 Å². The first-order valence-electron chi connectivity index (χ1n) is 8.99. The molecule has 1 fully saturated rings. The molecule has 0 aromatic heterocycles. The van der Waals surface area contributed by atoms with E-state index >= 15 is 0 Å². The summed E-state index contributed by atoms with van der Waals surface area (Å²) < 4.78 is 10.7. The minimum Gasteiger partial charge on any atom is -0.497 e. The van der Waals surface area contributed by atoms with Gasteiger partial charge in [-0.15, -0.1) is 0 Å². The van der Waals surface area contributed by atoms with Gasteiger partial charge in [-0.1, -0.05) is 6.42 Å². The number of carbonyl (C=O) groups is 2. The molecule has 2 N–H and O–H groups in total. The van der Waals surface area contributed by atoms with Crippen molar-refractivity contribution in [3.05, 3.63) is 23.8 Å². The van der Waals surface area contributed by atoms with Crippen LogP contribution in [0.25, 0.3) is 0 Å². The van der Waals surface area contributed by atoms with Crippen molar-refractivity contribution in [1.29, 1.82) is 0 Å². The van der Waals surface area contributed by atoms with E-state index in [1.54, 1.807) is 19.1 Å². The van der Waals surface area contributed by atoms with Gasteiger partial charge in [-0.3, -0.25) is 4.79 Å². The Morgan fingerprint density at radius 2 is 2.04 bits per heavy atom. The summed E-state index contributed by atoms with van der Waals surface area (Å²) in [6, 6.07) is 5.40. The van der Waals surface area contributed by atoms with Crippen molar-refractivity contribution < 1.29 is 24.2 Å². The first-order chi connectivity index (χ1) is 12.5. The summed E-state index contributed by atoms with van der Waals surface area (Å²) in [6.07, 6.45) is 3.97. The highest BCUT2D eigenvalue weighted by Crippen LogP contribution is 2.30. The number of ether oxygens (including phenoxy) is 2. The Balaban J connectivity index is 2.01. The van der Waals surface area contributed by atoms with Gasteiger partial charge in [0.05, 0.1) is 20.8 Å². The van der Waals surface area contributed by atoms with Crippen LogP contribution >= 0.6 is 0 Å². The van der Waals surface area contributed by atoms with Gasteiger partial charge in [-0.05, 0) is 37.3 Å². The largest absolute Gasteiger partial charge is 0.497 e. The van der Waals surface area contributed by atoms with E-state index in [0.717, 1.165) is 18.4 Å². The average Bonchev–Trinajstić information content (AvgIpc) is 2.60. The van der Waals surface area contributed by atoms with Crippen molar-refractivity contribution in [2.45, 2.75) is 38.6 Å². The number of nitrogens with zero attached hydrogens (tertiary/aromatic N) is 1. The Labute approximate surface area is 154 Å². The molecule has 1 saturated carbocycles. The van der Waals surface area contributed by atoms with Crippen molar-refractivity contribution >= 4 is 12.0 Å². The van der Waals surface area contributed by atoms with Crippen molar-refractivity contribution in [2.24, 2.45) is 5.92 Å². The summed E-state index contributed by atoms with van der Waals surface area (Å²) in [7, 11) is 3.20. The van der Waals surface area contributed by atoms with Crippen LogP contribution in [0.3, 0.4) is 0 Å². The van der Waals surface area contributed by atoms with E-state index in [4.69, 9.17) is 14.6 Å². The molecular weight excluding hydrogens is 336 g/mol. The molecule has 1 aliphatic carbocycles. The number of hydrogen-bond donors (Lipinski definition) is 2. The molecule has 1 aliphatic rings. The standard InChI is InChI=1S/C19H28N2O5/c1-25-16-9-8-15(17(11-16)26-2)13-21(12-14-5-3-6-14)19(24)20-10-4-7-18(22)23/h8-9,11,14H,3-7,10,12-13H2,1-2H3,(H,20,24)(H,22,23). The SMILES string of the molecule is COc1ccc(CN(CC2CCC2)C(=O)NCCCC(=O)O)c(OC)c1. The highest BCUT2D eigenvalue weighted by atomic mass is 16.5. The highest BCUT2D eigenvalue weighted by molar-refractivity contribution is 5.74. The maximum Gasteiger partial charge on any atom is 0.317 e. The average molecular weight is 364 g/mol. The summed E-state index contributed by atoms with van der Waals surface area (Å²) in [4.78, 5) is 25.0. The van der Waals surface area contributed by atoms with Crippen molar-refractivity contribution in [1.82, 2.24) is 10.2 Å². The number of carboxylic acid groups (broad SMARTS) is 1. The van der Waals surface area contributed by atoms with E-state index in [-0.39, 0.29) is 12.5 Å². The van der Waals surface area contributed by atoms with E-state index in [9.17, 15) is 9.59 Å². The molecule has 7 nitrogen and oxygen atoms in total. The molecule has 0 bridgehead atoms. The lowest BCUT2D eigenvalue weighted by molar-refractivity contribution is -0.137. The zero-order valence-electron chi connectivity index (χ0n) is 15.5. The normalized spacial score (nSPS) is 13.6. The molecular formula is C19H28N2O5. The van der Waals surface area contributed by atoms with Gasteiger partial charge in [0.25, 0.3) is 0 Å². The van der Waals surface area contributed by atoms with Gasteiger partial charge in [0.15, 0.2) is 0 Å². The van der Waals surface area contributed by atoms with E-state index in [0.29, 0.717) is 43.5 Å². The number of aliphatic carboxylic acids is 1. The van der Waals surface area contributed by atoms with Crippen LogP contribution in [0.15, 0.2) is 18.2 Å². The van der Waals surface area contributed by atoms with E-state index in [1.807, 2.05) is 18.2 Å². The maximum atomic E-state index is 12.6. The Morgan fingerprint density at radius 3 is 2.62 bits per heavy atom. The minimum atomic E-state index is -0.853. The van der Waals surface area contributed by atoms with Crippen LogP contribution < -0.4 is 14.8 Å². The van der Waals surface area contributed by atoms with E-state index < -0.39 is 5.97 Å². The zero-order chi connectivity index (χ0) is 18.9. The molecule has 0 spiro atoms. The van der Waals surface area contributed by atoms with Gasteiger partial charge in [0, 0.05) is 31.1 Å². The molecule has 144 valence electrons. The van der Waals surface area contributed by atoms with Gasteiger partial charge in [-0.2, -0.15) is 0 Å². The first kappa shape index (κ1) is 19.9. The Bertz CT molecular complexity index is 616. The molecule has 0 aliphatic heterocycles. The fourth-order valence-electron chi connectivity index (χ4n) is 2.94. The highest BCUT2D eigenvalue weighted by Gasteiger charge is 2.24. The number of carboxylic acids is 1. The molecule has 0 unspecified atom stereocenters. The summed E-state index contributed by atoms with van der Waals surface area (Å²) in [5, 5.41) is 11.5. The summed E-state index contributed by atoms with van der Waals surface area (Å²) in [5.41, 5.74) is 0.910. The second-order valence-electron chi connectivity index (χ2n) is 6.58. The van der Waals surface area contributed by atoms with Gasteiger partial charge >= 0.3 is 12.0 Å². The lowest BCUT2D eigenvalue weighted by Gasteiger charge is -2.32. The number of benzene rings is 1. The Kier molecular flexibility index (Phi) is 7.56. The fraction of sp³-hybridized carbons (Fsp3) is 0.579. The molecule has 2 amide bonds. The maximum absolute atomic E-state index is 12.6. The van der Waals surface area contributed by atoms with Gasteiger partial charge in [0.1, 0.15) is 11.5 Å². The second kappa shape index (κ2) is 9.89. The Morgan fingerprint density at radius 1 is 1.27 bits per heavy atom. The molecule has 1 aromatic rings. The van der Waals surface area contributed by atoms with Crippen molar-refractivity contribution in [3.63, 3.8) is 0 Å². The third-order valence-corrected chi connectivity index (χ3v) is 4.69.